The molecule has 0 amide bonds. The van der Waals surface area contributed by atoms with Crippen LogP contribution in [-0.2, 0) is 0 Å². The lowest BCUT2D eigenvalue weighted by Gasteiger charge is -2.11. The van der Waals surface area contributed by atoms with Crippen molar-refractivity contribution in [3.05, 3.63) is 64.3 Å². The van der Waals surface area contributed by atoms with Crippen molar-refractivity contribution < 1.29 is 0 Å². The summed E-state index contributed by atoms with van der Waals surface area (Å²) in [5.41, 5.74) is 5.14. The zero-order valence-corrected chi connectivity index (χ0v) is 14.5. The van der Waals surface area contributed by atoms with E-state index in [9.17, 15) is 0 Å². The lowest BCUT2D eigenvalue weighted by Crippen LogP contribution is -2.03. The van der Waals surface area contributed by atoms with E-state index < -0.39 is 0 Å². The molecule has 3 aromatic rings. The molecular formula is C18H18ClN5. The first-order valence-electron chi connectivity index (χ1n) is 7.58. The SMILES string of the molecule is Cc1cc(C)cc(Nc2cnnc(Nc3cccc(Cl)c3C)n2)c1. The molecule has 0 saturated heterocycles. The summed E-state index contributed by atoms with van der Waals surface area (Å²) in [4.78, 5) is 4.45. The summed E-state index contributed by atoms with van der Waals surface area (Å²) in [6.45, 7) is 6.06. The molecule has 2 aromatic carbocycles. The number of rotatable bonds is 4. The Labute approximate surface area is 146 Å². The van der Waals surface area contributed by atoms with Crippen LogP contribution in [0.1, 0.15) is 16.7 Å². The summed E-state index contributed by atoms with van der Waals surface area (Å²) < 4.78 is 0. The van der Waals surface area contributed by atoms with E-state index in [0.717, 1.165) is 16.9 Å². The van der Waals surface area contributed by atoms with Gasteiger partial charge in [-0.15, -0.1) is 5.10 Å². The van der Waals surface area contributed by atoms with Crippen molar-refractivity contribution in [3.8, 4) is 0 Å². The fraction of sp³-hybridized carbons (Fsp3) is 0.167. The molecule has 0 saturated carbocycles. The standard InChI is InChI=1S/C18H18ClN5/c1-11-7-12(2)9-14(8-11)21-17-10-20-24-18(23-17)22-16-6-4-5-15(19)13(16)3/h4-10H,1-3H3,(H2,21,22,23,24). The number of nitrogens with one attached hydrogen (secondary N) is 2. The maximum Gasteiger partial charge on any atom is 0.249 e. The molecule has 1 heterocycles. The van der Waals surface area contributed by atoms with Crippen LogP contribution in [0.25, 0.3) is 0 Å². The number of nitrogens with zero attached hydrogens (tertiary/aromatic N) is 3. The highest BCUT2D eigenvalue weighted by Gasteiger charge is 2.06. The molecule has 0 fully saturated rings. The highest BCUT2D eigenvalue weighted by Crippen LogP contribution is 2.25. The van der Waals surface area contributed by atoms with Gasteiger partial charge in [-0.3, -0.25) is 0 Å². The molecule has 0 aliphatic rings. The summed E-state index contributed by atoms with van der Waals surface area (Å²) in [7, 11) is 0. The van der Waals surface area contributed by atoms with Gasteiger partial charge in [0, 0.05) is 16.4 Å². The van der Waals surface area contributed by atoms with Crippen LogP contribution in [0.3, 0.4) is 0 Å². The summed E-state index contributed by atoms with van der Waals surface area (Å²) in [5, 5.41) is 15.1. The van der Waals surface area contributed by atoms with Gasteiger partial charge in [0.05, 0.1) is 6.20 Å². The predicted octanol–water partition coefficient (Wildman–Crippen LogP) is 4.94. The van der Waals surface area contributed by atoms with Crippen LogP contribution in [0.5, 0.6) is 0 Å². The Morgan fingerprint density at radius 2 is 1.71 bits per heavy atom. The van der Waals surface area contributed by atoms with Crippen molar-refractivity contribution in [2.75, 3.05) is 10.6 Å². The molecule has 0 unspecified atom stereocenters. The second kappa shape index (κ2) is 6.84. The van der Waals surface area contributed by atoms with Crippen LogP contribution >= 0.6 is 11.6 Å². The third-order valence-corrected chi connectivity index (χ3v) is 3.98. The van der Waals surface area contributed by atoms with E-state index in [1.807, 2.05) is 25.1 Å². The smallest absolute Gasteiger partial charge is 0.249 e. The van der Waals surface area contributed by atoms with Gasteiger partial charge in [0.15, 0.2) is 5.82 Å². The Bertz CT molecular complexity index is 859. The molecule has 1 aromatic heterocycles. The number of halogens is 1. The third kappa shape index (κ3) is 3.81. The van der Waals surface area contributed by atoms with Crippen molar-refractivity contribution in [3.63, 3.8) is 0 Å². The number of hydrogen-bond donors (Lipinski definition) is 2. The maximum atomic E-state index is 6.14. The molecule has 0 spiro atoms. The number of aryl methyl sites for hydroxylation is 2. The van der Waals surface area contributed by atoms with E-state index in [-0.39, 0.29) is 0 Å². The Morgan fingerprint density at radius 1 is 0.958 bits per heavy atom. The lowest BCUT2D eigenvalue weighted by atomic mass is 10.1. The zero-order chi connectivity index (χ0) is 17.1. The Morgan fingerprint density at radius 3 is 2.46 bits per heavy atom. The van der Waals surface area contributed by atoms with Crippen LogP contribution < -0.4 is 10.6 Å². The van der Waals surface area contributed by atoms with E-state index in [4.69, 9.17) is 11.6 Å². The van der Waals surface area contributed by atoms with Gasteiger partial charge in [0.25, 0.3) is 0 Å². The van der Waals surface area contributed by atoms with E-state index in [0.29, 0.717) is 16.8 Å². The summed E-state index contributed by atoms with van der Waals surface area (Å²) in [6, 6.07) is 11.9. The number of benzene rings is 2. The van der Waals surface area contributed by atoms with Crippen molar-refractivity contribution in [1.82, 2.24) is 15.2 Å². The van der Waals surface area contributed by atoms with Crippen molar-refractivity contribution in [2.24, 2.45) is 0 Å². The van der Waals surface area contributed by atoms with E-state index >= 15 is 0 Å². The molecule has 0 aliphatic heterocycles. The maximum absolute atomic E-state index is 6.14. The van der Waals surface area contributed by atoms with Crippen LogP contribution in [0.2, 0.25) is 5.02 Å². The molecule has 24 heavy (non-hydrogen) atoms. The minimum Gasteiger partial charge on any atom is -0.339 e. The number of aromatic nitrogens is 3. The van der Waals surface area contributed by atoms with E-state index in [1.54, 1.807) is 6.20 Å². The van der Waals surface area contributed by atoms with E-state index in [2.05, 4.69) is 57.9 Å². The van der Waals surface area contributed by atoms with Crippen LogP contribution in [0.15, 0.2) is 42.6 Å². The highest BCUT2D eigenvalue weighted by molar-refractivity contribution is 6.31. The first-order chi connectivity index (χ1) is 11.5. The molecule has 0 radical (unpaired) electrons. The van der Waals surface area contributed by atoms with E-state index in [1.165, 1.54) is 11.1 Å². The molecule has 0 aliphatic carbocycles. The van der Waals surface area contributed by atoms with Crippen LogP contribution in [-0.4, -0.2) is 15.2 Å². The average molecular weight is 340 g/mol. The quantitative estimate of drug-likeness (QED) is 0.705. The minimum atomic E-state index is 0.412. The molecule has 3 rings (SSSR count). The average Bonchev–Trinajstić information content (AvgIpc) is 2.51. The minimum absolute atomic E-state index is 0.412. The molecule has 5 nitrogen and oxygen atoms in total. The summed E-state index contributed by atoms with van der Waals surface area (Å²) >= 11 is 6.14. The van der Waals surface area contributed by atoms with Crippen molar-refractivity contribution in [2.45, 2.75) is 20.8 Å². The zero-order valence-electron chi connectivity index (χ0n) is 13.8. The summed E-state index contributed by atoms with van der Waals surface area (Å²) in [6.07, 6.45) is 1.59. The third-order valence-electron chi connectivity index (χ3n) is 3.57. The lowest BCUT2D eigenvalue weighted by molar-refractivity contribution is 0.981. The molecule has 6 heteroatoms. The van der Waals surface area contributed by atoms with Gasteiger partial charge in [0.1, 0.15) is 0 Å². The molecule has 0 bridgehead atoms. The van der Waals surface area contributed by atoms with Crippen molar-refractivity contribution >= 4 is 34.7 Å². The van der Waals surface area contributed by atoms with Gasteiger partial charge >= 0.3 is 0 Å². The second-order valence-corrected chi connectivity index (χ2v) is 6.11. The molecule has 0 atom stereocenters. The van der Waals surface area contributed by atoms with Gasteiger partial charge in [-0.25, -0.2) is 0 Å². The monoisotopic (exact) mass is 339 g/mol. The number of anilines is 4. The Hall–Kier alpha value is -2.66. The van der Waals surface area contributed by atoms with Gasteiger partial charge in [0.2, 0.25) is 5.95 Å². The normalized spacial score (nSPS) is 10.5. The topological polar surface area (TPSA) is 62.7 Å². The van der Waals surface area contributed by atoms with Crippen LogP contribution in [0.4, 0.5) is 23.1 Å². The first kappa shape index (κ1) is 16.2. The molecule has 122 valence electrons. The largest absolute Gasteiger partial charge is 0.339 e. The van der Waals surface area contributed by atoms with Gasteiger partial charge < -0.3 is 10.6 Å². The highest BCUT2D eigenvalue weighted by atomic mass is 35.5. The first-order valence-corrected chi connectivity index (χ1v) is 7.96. The second-order valence-electron chi connectivity index (χ2n) is 5.70. The number of hydrogen-bond acceptors (Lipinski definition) is 5. The fourth-order valence-electron chi connectivity index (χ4n) is 2.47. The predicted molar refractivity (Wildman–Crippen MR) is 98.5 cm³/mol. The Balaban J connectivity index is 1.82. The van der Waals surface area contributed by atoms with Gasteiger partial charge in [-0.05, 0) is 61.7 Å². The Kier molecular flexibility index (Phi) is 4.62. The van der Waals surface area contributed by atoms with Gasteiger partial charge in [-0.2, -0.15) is 10.1 Å². The van der Waals surface area contributed by atoms with Crippen LogP contribution in [0, 0.1) is 20.8 Å². The fourth-order valence-corrected chi connectivity index (χ4v) is 2.65. The van der Waals surface area contributed by atoms with Gasteiger partial charge in [-0.1, -0.05) is 23.7 Å². The molecular weight excluding hydrogens is 322 g/mol. The summed E-state index contributed by atoms with van der Waals surface area (Å²) in [5.74, 6) is 1.03. The van der Waals surface area contributed by atoms with Crippen molar-refractivity contribution in [1.29, 1.82) is 0 Å². The molecule has 2 N–H and O–H groups in total.